The van der Waals surface area contributed by atoms with Crippen molar-refractivity contribution in [1.82, 2.24) is 15.1 Å². The van der Waals surface area contributed by atoms with Crippen molar-refractivity contribution >= 4 is 33.2 Å². The number of rotatable bonds is 5. The summed E-state index contributed by atoms with van der Waals surface area (Å²) in [6.45, 7) is 0.617. The van der Waals surface area contributed by atoms with E-state index in [1.807, 2.05) is 4.90 Å². The molecule has 2 amide bonds. The highest BCUT2D eigenvalue weighted by Gasteiger charge is 2.50. The van der Waals surface area contributed by atoms with Gasteiger partial charge in [-0.25, -0.2) is 17.5 Å². The summed E-state index contributed by atoms with van der Waals surface area (Å²) in [6, 6.07) is 9.85. The van der Waals surface area contributed by atoms with Gasteiger partial charge in [-0.2, -0.15) is 18.3 Å². The third-order valence-corrected chi connectivity index (χ3v) is 7.13. The Morgan fingerprint density at radius 1 is 1.08 bits per heavy atom. The van der Waals surface area contributed by atoms with Gasteiger partial charge >= 0.3 is 6.18 Å². The number of amides is 2. The molecule has 1 aromatic heterocycles. The number of nitrogens with one attached hydrogen (secondary N) is 2. The van der Waals surface area contributed by atoms with E-state index in [0.29, 0.717) is 30.2 Å². The number of hydrogen-bond donors (Lipinski definition) is 2. The minimum absolute atomic E-state index is 0.0495. The van der Waals surface area contributed by atoms with Crippen LogP contribution in [-0.4, -0.2) is 60.6 Å². The molecule has 0 aliphatic carbocycles. The molecule has 2 aliphatic heterocycles. The van der Waals surface area contributed by atoms with Crippen LogP contribution in [0.5, 0.6) is 0 Å². The minimum atomic E-state index is -4.44. The van der Waals surface area contributed by atoms with Crippen LogP contribution in [-0.2, 0) is 27.2 Å². The summed E-state index contributed by atoms with van der Waals surface area (Å²) in [6.07, 6.45) is -3.30. The number of nitrogens with zero attached hydrogens (tertiary/aromatic N) is 3. The fourth-order valence-corrected chi connectivity index (χ4v) is 5.25. The van der Waals surface area contributed by atoms with Crippen molar-refractivity contribution in [2.24, 2.45) is 0 Å². The topological polar surface area (TPSA) is 113 Å². The van der Waals surface area contributed by atoms with Gasteiger partial charge in [-0.15, -0.1) is 0 Å². The van der Waals surface area contributed by atoms with E-state index in [0.717, 1.165) is 18.4 Å². The van der Waals surface area contributed by atoms with E-state index in [9.17, 15) is 35.6 Å². The predicted molar refractivity (Wildman–Crippen MR) is 129 cm³/mol. The molecule has 0 saturated carbocycles. The van der Waals surface area contributed by atoms with Crippen LogP contribution in [0.3, 0.4) is 0 Å². The number of carbonyl (C=O) groups is 2. The fraction of sp³-hybridized carbons (Fsp3) is 0.292. The molecule has 2 N–H and O–H groups in total. The summed E-state index contributed by atoms with van der Waals surface area (Å²) >= 11 is 0. The maximum Gasteiger partial charge on any atom is 0.416 e. The van der Waals surface area contributed by atoms with Gasteiger partial charge in [-0.05, 0) is 48.5 Å². The zero-order chi connectivity index (χ0) is 27.5. The zero-order valence-electron chi connectivity index (χ0n) is 19.8. The average Bonchev–Trinajstić information content (AvgIpc) is 3.14. The second-order valence-electron chi connectivity index (χ2n) is 9.49. The number of aromatic nitrogens is 2. The lowest BCUT2D eigenvalue weighted by Gasteiger charge is -2.52. The molecular formula is C24H21F4N5O4S. The van der Waals surface area contributed by atoms with Crippen LogP contribution < -0.4 is 15.5 Å². The Hall–Kier alpha value is -3.94. The zero-order valence-corrected chi connectivity index (χ0v) is 20.7. The molecule has 200 valence electrons. The van der Waals surface area contributed by atoms with Crippen LogP contribution in [0.2, 0.25) is 0 Å². The third-order valence-electron chi connectivity index (χ3n) is 6.34. The van der Waals surface area contributed by atoms with Gasteiger partial charge in [0.05, 0.1) is 22.5 Å². The number of alkyl halides is 3. The van der Waals surface area contributed by atoms with Crippen molar-refractivity contribution in [3.8, 4) is 5.69 Å². The average molecular weight is 552 g/mol. The number of benzene rings is 2. The number of fused-ring (bicyclic) bond motifs is 1. The lowest BCUT2D eigenvalue weighted by atomic mass is 9.80. The van der Waals surface area contributed by atoms with E-state index in [2.05, 4.69) is 15.7 Å². The highest BCUT2D eigenvalue weighted by Crippen LogP contribution is 2.38. The fourth-order valence-electron chi connectivity index (χ4n) is 4.70. The van der Waals surface area contributed by atoms with Gasteiger partial charge in [0, 0.05) is 31.5 Å². The number of hydrogen-bond acceptors (Lipinski definition) is 6. The van der Waals surface area contributed by atoms with Crippen molar-refractivity contribution in [3.63, 3.8) is 0 Å². The molecular weight excluding hydrogens is 530 g/mol. The molecule has 0 unspecified atom stereocenters. The summed E-state index contributed by atoms with van der Waals surface area (Å²) in [5, 5.41) is 9.86. The number of halogens is 4. The minimum Gasteiger partial charge on any atom is -0.367 e. The molecule has 0 atom stereocenters. The van der Waals surface area contributed by atoms with E-state index in [1.165, 1.54) is 41.1 Å². The summed E-state index contributed by atoms with van der Waals surface area (Å²) in [5.41, 5.74) is -0.229. The van der Waals surface area contributed by atoms with E-state index in [-0.39, 0.29) is 17.8 Å². The summed E-state index contributed by atoms with van der Waals surface area (Å²) in [7, 11) is -3.66. The molecule has 1 fully saturated rings. The molecule has 14 heteroatoms. The molecule has 0 bridgehead atoms. The van der Waals surface area contributed by atoms with E-state index in [4.69, 9.17) is 0 Å². The van der Waals surface area contributed by atoms with E-state index >= 15 is 0 Å². The lowest BCUT2D eigenvalue weighted by Crippen LogP contribution is -2.73. The number of anilines is 2. The first-order valence-electron chi connectivity index (χ1n) is 11.3. The normalized spacial score (nSPS) is 16.6. The maximum atomic E-state index is 13.5. The molecule has 9 nitrogen and oxygen atoms in total. The number of carbonyl (C=O) groups excluding carboxylic acids is 2. The highest BCUT2D eigenvalue weighted by atomic mass is 32.2. The number of sulfone groups is 1. The molecule has 3 heterocycles. The Bertz CT molecular complexity index is 1530. The van der Waals surface area contributed by atoms with Crippen LogP contribution in [0.15, 0.2) is 48.5 Å². The van der Waals surface area contributed by atoms with E-state index < -0.39 is 50.5 Å². The molecule has 2 aliphatic rings. The summed E-state index contributed by atoms with van der Waals surface area (Å²) in [4.78, 5) is 27.5. The van der Waals surface area contributed by atoms with Crippen LogP contribution in [0.25, 0.3) is 5.69 Å². The van der Waals surface area contributed by atoms with Crippen molar-refractivity contribution < 1.29 is 35.6 Å². The van der Waals surface area contributed by atoms with Gasteiger partial charge in [0.25, 0.3) is 5.91 Å². The van der Waals surface area contributed by atoms with Crippen molar-refractivity contribution in [1.29, 1.82) is 0 Å². The third kappa shape index (κ3) is 4.95. The van der Waals surface area contributed by atoms with Crippen molar-refractivity contribution in [3.05, 3.63) is 71.2 Å². The van der Waals surface area contributed by atoms with Crippen molar-refractivity contribution in [2.45, 2.75) is 18.1 Å². The monoisotopic (exact) mass is 551 g/mol. The van der Waals surface area contributed by atoms with Gasteiger partial charge in [-0.3, -0.25) is 9.59 Å². The van der Waals surface area contributed by atoms with Crippen LogP contribution in [0.1, 0.15) is 21.6 Å². The molecule has 0 radical (unpaired) electrons. The Morgan fingerprint density at radius 3 is 2.26 bits per heavy atom. The van der Waals surface area contributed by atoms with Gasteiger partial charge in [0.1, 0.15) is 23.0 Å². The summed E-state index contributed by atoms with van der Waals surface area (Å²) < 4.78 is 76.6. The second kappa shape index (κ2) is 8.82. The van der Waals surface area contributed by atoms with Crippen LogP contribution >= 0.6 is 0 Å². The van der Waals surface area contributed by atoms with Gasteiger partial charge < -0.3 is 15.5 Å². The molecule has 1 saturated heterocycles. The Balaban J connectivity index is 1.43. The van der Waals surface area contributed by atoms with Gasteiger partial charge in [-0.1, -0.05) is 0 Å². The molecule has 38 heavy (non-hydrogen) atoms. The molecule has 5 rings (SSSR count). The predicted octanol–water partition coefficient (Wildman–Crippen LogP) is 2.56. The quantitative estimate of drug-likeness (QED) is 0.472. The van der Waals surface area contributed by atoms with Crippen molar-refractivity contribution in [2.75, 3.05) is 35.3 Å². The Labute approximate surface area is 214 Å². The molecule has 2 aromatic carbocycles. The highest BCUT2D eigenvalue weighted by molar-refractivity contribution is 7.91. The molecule has 3 aromatic rings. The van der Waals surface area contributed by atoms with Gasteiger partial charge in [0.2, 0.25) is 5.91 Å². The SMILES string of the molecule is CS(=O)(=O)CC(=O)Nc1c2c(nn1-c1ccc(F)cc1)CC1(CN(c3ccc(C(F)(F)F)cc3)C1)NC2=O. The van der Waals surface area contributed by atoms with Gasteiger partial charge in [0.15, 0.2) is 9.84 Å². The lowest BCUT2D eigenvalue weighted by molar-refractivity contribution is -0.137. The van der Waals surface area contributed by atoms with Crippen LogP contribution in [0.4, 0.5) is 29.1 Å². The van der Waals surface area contributed by atoms with E-state index in [1.54, 1.807) is 0 Å². The smallest absolute Gasteiger partial charge is 0.367 e. The first-order valence-corrected chi connectivity index (χ1v) is 13.4. The summed E-state index contributed by atoms with van der Waals surface area (Å²) in [5.74, 6) is -2.80. The Morgan fingerprint density at radius 2 is 1.68 bits per heavy atom. The van der Waals surface area contributed by atoms with Crippen LogP contribution in [0, 0.1) is 5.82 Å². The standard InChI is InChI=1S/C24H21F4N5O4S/c1-38(36,37)11-19(34)29-21-20-18(31-33(21)17-8-4-15(25)5-9-17)10-23(30-22(20)35)12-32(13-23)16-6-2-14(3-7-16)24(26,27)28/h2-9H,10-13H2,1H3,(H,29,34)(H,30,35). The molecule has 1 spiro atoms. The Kier molecular flexibility index (Phi) is 5.97. The second-order valence-corrected chi connectivity index (χ2v) is 11.6. The maximum absolute atomic E-state index is 13.5. The first-order chi connectivity index (χ1) is 17.7. The first kappa shape index (κ1) is 25.7. The largest absolute Gasteiger partial charge is 0.416 e.